The summed E-state index contributed by atoms with van der Waals surface area (Å²) in [4.78, 5) is 48.8. The minimum absolute atomic E-state index is 0.00700. The maximum Gasteiger partial charge on any atom is 0.519 e. The van der Waals surface area contributed by atoms with Gasteiger partial charge in [0.1, 0.15) is 24.7 Å². The number of imidazole rings is 1. The fourth-order valence-corrected chi connectivity index (χ4v) is 4.09. The van der Waals surface area contributed by atoms with Crippen molar-refractivity contribution in [3.8, 4) is 12.3 Å². The molecule has 0 saturated carbocycles. The number of terminal acetylenes is 1. The minimum atomic E-state index is -1.19. The predicted molar refractivity (Wildman–Crippen MR) is 142 cm³/mol. The summed E-state index contributed by atoms with van der Waals surface area (Å²) >= 11 is 6.62. The van der Waals surface area contributed by atoms with E-state index in [4.69, 9.17) is 45.2 Å². The molecular weight excluding hydrogens is 562 g/mol. The lowest BCUT2D eigenvalue weighted by molar-refractivity contribution is -0.154. The van der Waals surface area contributed by atoms with E-state index in [1.807, 2.05) is 0 Å². The second kappa shape index (κ2) is 12.0. The van der Waals surface area contributed by atoms with Gasteiger partial charge in [0.25, 0.3) is 0 Å². The first-order chi connectivity index (χ1) is 19.5. The molecule has 218 valence electrons. The van der Waals surface area contributed by atoms with Gasteiger partial charge in [-0.1, -0.05) is 19.8 Å². The first-order valence-electron chi connectivity index (χ1n) is 12.5. The SMILES string of the molecule is C#CC(CCn1cnc2c(=NCc3oc(=O)oc3C)n(Cc3oc(=O)oc3C)c(Cl)nc21)(COC(=O)C(C)C)OC. The number of esters is 1. The Bertz CT molecular complexity index is 1800. The highest BCUT2D eigenvalue weighted by atomic mass is 35.5. The molecule has 4 aromatic heterocycles. The molecule has 4 aromatic rings. The van der Waals surface area contributed by atoms with Crippen LogP contribution in [0.3, 0.4) is 0 Å². The molecule has 0 fully saturated rings. The molecule has 4 heterocycles. The van der Waals surface area contributed by atoms with Crippen LogP contribution >= 0.6 is 11.6 Å². The summed E-state index contributed by atoms with van der Waals surface area (Å²) in [5.74, 6) is 1.10. The summed E-state index contributed by atoms with van der Waals surface area (Å²) in [6.45, 7) is 6.58. The average Bonchev–Trinajstić information content (AvgIpc) is 3.59. The fourth-order valence-electron chi connectivity index (χ4n) is 3.87. The van der Waals surface area contributed by atoms with Crippen molar-refractivity contribution in [2.24, 2.45) is 10.9 Å². The summed E-state index contributed by atoms with van der Waals surface area (Å²) < 4.78 is 34.2. The van der Waals surface area contributed by atoms with Gasteiger partial charge in [0.2, 0.25) is 5.28 Å². The van der Waals surface area contributed by atoms with Crippen molar-refractivity contribution < 1.29 is 31.9 Å². The van der Waals surface area contributed by atoms with E-state index in [0.717, 1.165) is 0 Å². The van der Waals surface area contributed by atoms with E-state index in [-0.39, 0.29) is 72.4 Å². The Hall–Kier alpha value is -4.35. The summed E-state index contributed by atoms with van der Waals surface area (Å²) in [7, 11) is 1.44. The van der Waals surface area contributed by atoms with Crippen LogP contribution in [0.15, 0.2) is 38.6 Å². The Morgan fingerprint density at radius 3 is 2.39 bits per heavy atom. The van der Waals surface area contributed by atoms with E-state index < -0.39 is 23.2 Å². The maximum atomic E-state index is 12.0. The monoisotopic (exact) mass is 589 g/mol. The normalized spacial score (nSPS) is 13.6. The average molecular weight is 590 g/mol. The molecule has 0 aromatic carbocycles. The highest BCUT2D eigenvalue weighted by Gasteiger charge is 2.30. The smallest absolute Gasteiger partial charge is 0.461 e. The molecule has 0 aliphatic rings. The van der Waals surface area contributed by atoms with E-state index >= 15 is 0 Å². The van der Waals surface area contributed by atoms with Gasteiger partial charge in [0.05, 0.1) is 18.8 Å². The summed E-state index contributed by atoms with van der Waals surface area (Å²) in [6, 6.07) is 0. The van der Waals surface area contributed by atoms with Gasteiger partial charge >= 0.3 is 17.6 Å². The topological polar surface area (TPSA) is 170 Å². The molecule has 15 heteroatoms. The number of carbonyl (C=O) groups excluding carboxylic acids is 1. The Labute approximate surface area is 237 Å². The lowest BCUT2D eigenvalue weighted by atomic mass is 10.0. The first kappa shape index (κ1) is 29.6. The highest BCUT2D eigenvalue weighted by Crippen LogP contribution is 2.20. The molecule has 1 unspecified atom stereocenters. The van der Waals surface area contributed by atoms with Crippen molar-refractivity contribution in [2.45, 2.75) is 59.4 Å². The third-order valence-corrected chi connectivity index (χ3v) is 6.66. The quantitative estimate of drug-likeness (QED) is 0.143. The predicted octanol–water partition coefficient (Wildman–Crippen LogP) is 2.35. The standard InChI is InChI=1S/C26H28ClN5O9/c1-7-26(36-6,12-37-22(33)14(2)3)8-9-31-13-29-19-20(28-10-17-15(4)38-24(34)40-17)32(23(27)30-21(19)31)11-18-16(5)39-25(35)41-18/h1,13-14H,8-12H2,2-6H3. The molecule has 4 rings (SSSR count). The second-order valence-electron chi connectivity index (χ2n) is 9.44. The van der Waals surface area contributed by atoms with Crippen molar-refractivity contribution in [3.63, 3.8) is 0 Å². The second-order valence-corrected chi connectivity index (χ2v) is 9.78. The van der Waals surface area contributed by atoms with E-state index in [0.29, 0.717) is 11.2 Å². The molecule has 41 heavy (non-hydrogen) atoms. The Balaban J connectivity index is 1.74. The molecular formula is C26H28ClN5O9. The highest BCUT2D eigenvalue weighted by molar-refractivity contribution is 6.28. The first-order valence-corrected chi connectivity index (χ1v) is 12.8. The number of aryl methyl sites for hydroxylation is 3. The lowest BCUT2D eigenvalue weighted by Gasteiger charge is -2.27. The van der Waals surface area contributed by atoms with Crippen molar-refractivity contribution in [1.82, 2.24) is 19.1 Å². The number of rotatable bonds is 11. The lowest BCUT2D eigenvalue weighted by Crippen LogP contribution is -2.38. The van der Waals surface area contributed by atoms with Crippen molar-refractivity contribution in [3.05, 3.63) is 61.4 Å². The minimum Gasteiger partial charge on any atom is -0.461 e. The molecule has 0 radical (unpaired) electrons. The van der Waals surface area contributed by atoms with Crippen LogP contribution in [0.2, 0.25) is 5.28 Å². The van der Waals surface area contributed by atoms with Gasteiger partial charge in [-0.15, -0.1) is 6.42 Å². The van der Waals surface area contributed by atoms with Gasteiger partial charge in [0, 0.05) is 20.1 Å². The van der Waals surface area contributed by atoms with Crippen LogP contribution in [0, 0.1) is 32.1 Å². The van der Waals surface area contributed by atoms with Gasteiger partial charge in [-0.2, -0.15) is 4.98 Å². The van der Waals surface area contributed by atoms with Crippen molar-refractivity contribution in [2.75, 3.05) is 13.7 Å². The molecule has 0 amide bonds. The molecule has 1 atom stereocenters. The maximum absolute atomic E-state index is 12.0. The third-order valence-electron chi connectivity index (χ3n) is 6.37. The fraction of sp³-hybridized carbons (Fsp3) is 0.462. The van der Waals surface area contributed by atoms with Crippen molar-refractivity contribution in [1.29, 1.82) is 0 Å². The largest absolute Gasteiger partial charge is 0.519 e. The van der Waals surface area contributed by atoms with Gasteiger partial charge in [-0.3, -0.25) is 14.4 Å². The number of aromatic nitrogens is 4. The number of fused-ring (bicyclic) bond motifs is 1. The van der Waals surface area contributed by atoms with Gasteiger partial charge in [-0.25, -0.2) is 14.6 Å². The van der Waals surface area contributed by atoms with E-state index in [2.05, 4.69) is 20.9 Å². The van der Waals surface area contributed by atoms with Crippen LogP contribution in [-0.4, -0.2) is 44.4 Å². The summed E-state index contributed by atoms with van der Waals surface area (Å²) in [5.41, 5.74) is -0.233. The Morgan fingerprint density at radius 1 is 1.17 bits per heavy atom. The van der Waals surface area contributed by atoms with Crippen molar-refractivity contribution >= 4 is 28.7 Å². The van der Waals surface area contributed by atoms with Crippen LogP contribution in [-0.2, 0) is 33.9 Å². The zero-order chi connectivity index (χ0) is 29.9. The molecule has 0 spiro atoms. The summed E-state index contributed by atoms with van der Waals surface area (Å²) in [6.07, 6.45) is 7.55. The third kappa shape index (κ3) is 6.36. The molecule has 0 bridgehead atoms. The molecule has 0 N–H and O–H groups in total. The van der Waals surface area contributed by atoms with E-state index in [1.165, 1.54) is 18.0 Å². The number of methoxy groups -OCH3 is 1. The number of carbonyl (C=O) groups is 1. The van der Waals surface area contributed by atoms with Crippen LogP contribution in [0.1, 0.15) is 43.3 Å². The Morgan fingerprint density at radius 2 is 1.83 bits per heavy atom. The molecule has 14 nitrogen and oxygen atoms in total. The zero-order valence-electron chi connectivity index (χ0n) is 23.1. The molecule has 0 aliphatic carbocycles. The zero-order valence-corrected chi connectivity index (χ0v) is 23.8. The van der Waals surface area contributed by atoms with Crippen LogP contribution in [0.5, 0.6) is 0 Å². The van der Waals surface area contributed by atoms with Gasteiger partial charge in [-0.05, 0) is 25.4 Å². The number of hydrogen-bond acceptors (Lipinski definition) is 12. The summed E-state index contributed by atoms with van der Waals surface area (Å²) in [5, 5.41) is -0.00700. The van der Waals surface area contributed by atoms with Crippen LogP contribution < -0.4 is 17.1 Å². The number of halogens is 1. The van der Waals surface area contributed by atoms with Gasteiger partial charge in [0.15, 0.2) is 33.8 Å². The number of hydrogen-bond donors (Lipinski definition) is 0. The Kier molecular flexibility index (Phi) is 8.69. The number of ether oxygens (including phenoxy) is 2. The van der Waals surface area contributed by atoms with E-state index in [1.54, 1.807) is 32.3 Å². The molecule has 0 aliphatic heterocycles. The number of nitrogens with zero attached hydrogens (tertiary/aromatic N) is 5. The van der Waals surface area contributed by atoms with Crippen LogP contribution in [0.4, 0.5) is 0 Å². The van der Waals surface area contributed by atoms with E-state index in [9.17, 15) is 14.4 Å². The van der Waals surface area contributed by atoms with Gasteiger partial charge < -0.3 is 31.7 Å². The molecule has 0 saturated heterocycles. The van der Waals surface area contributed by atoms with Crippen LogP contribution in [0.25, 0.3) is 11.2 Å².